The molecule has 0 spiro atoms. The summed E-state index contributed by atoms with van der Waals surface area (Å²) < 4.78 is 0. The lowest BCUT2D eigenvalue weighted by Crippen LogP contribution is -2.43. The number of aliphatic hydroxyl groups excluding tert-OH is 1. The van der Waals surface area contributed by atoms with E-state index in [4.69, 9.17) is 5.11 Å². The number of nitrogens with zero attached hydrogens (tertiary/aromatic N) is 1. The number of hydrogen-bond donors (Lipinski definition) is 2. The molecule has 16 heavy (non-hydrogen) atoms. The first kappa shape index (κ1) is 15.4. The maximum absolute atomic E-state index is 10.8. The summed E-state index contributed by atoms with van der Waals surface area (Å²) >= 11 is 0. The van der Waals surface area contributed by atoms with Gasteiger partial charge in [-0.2, -0.15) is 0 Å². The van der Waals surface area contributed by atoms with Crippen molar-refractivity contribution in [3.8, 4) is 0 Å². The number of rotatable bonds is 8. The normalized spacial score (nSPS) is 15.4. The lowest BCUT2D eigenvalue weighted by atomic mass is 10.1. The molecule has 0 radical (unpaired) electrons. The molecular formula is C12H25NO3. The van der Waals surface area contributed by atoms with Crippen molar-refractivity contribution < 1.29 is 15.0 Å². The number of carbonyl (C=O) groups is 1. The van der Waals surface area contributed by atoms with Crippen LogP contribution < -0.4 is 0 Å². The smallest absolute Gasteiger partial charge is 0.307 e. The SMILES string of the molecule is CCC(CO)N(CC(C)C)CC(C)C(=O)O. The average Bonchev–Trinajstić information content (AvgIpc) is 2.18. The highest BCUT2D eigenvalue weighted by molar-refractivity contribution is 5.69. The van der Waals surface area contributed by atoms with Gasteiger partial charge in [0.05, 0.1) is 12.5 Å². The molecule has 2 atom stereocenters. The van der Waals surface area contributed by atoms with E-state index in [1.807, 2.05) is 6.92 Å². The minimum Gasteiger partial charge on any atom is -0.481 e. The van der Waals surface area contributed by atoms with E-state index in [2.05, 4.69) is 18.7 Å². The minimum atomic E-state index is -0.776. The van der Waals surface area contributed by atoms with Gasteiger partial charge in [0.15, 0.2) is 0 Å². The summed E-state index contributed by atoms with van der Waals surface area (Å²) in [5, 5.41) is 18.2. The Bertz CT molecular complexity index is 202. The fourth-order valence-electron chi connectivity index (χ4n) is 1.77. The third-order valence-electron chi connectivity index (χ3n) is 2.73. The van der Waals surface area contributed by atoms with Gasteiger partial charge in [0.1, 0.15) is 0 Å². The molecule has 0 amide bonds. The van der Waals surface area contributed by atoms with Crippen LogP contribution in [-0.4, -0.2) is 46.8 Å². The maximum atomic E-state index is 10.8. The molecule has 2 N–H and O–H groups in total. The van der Waals surface area contributed by atoms with Crippen LogP contribution in [0.3, 0.4) is 0 Å². The van der Waals surface area contributed by atoms with Gasteiger partial charge in [-0.3, -0.25) is 9.69 Å². The molecule has 0 fully saturated rings. The summed E-state index contributed by atoms with van der Waals surface area (Å²) in [5.41, 5.74) is 0. The topological polar surface area (TPSA) is 60.8 Å². The van der Waals surface area contributed by atoms with E-state index in [9.17, 15) is 9.90 Å². The summed E-state index contributed by atoms with van der Waals surface area (Å²) in [7, 11) is 0. The molecule has 0 bridgehead atoms. The van der Waals surface area contributed by atoms with Crippen LogP contribution in [0.15, 0.2) is 0 Å². The van der Waals surface area contributed by atoms with Gasteiger partial charge >= 0.3 is 5.97 Å². The number of aliphatic hydroxyl groups is 1. The number of hydrogen-bond acceptors (Lipinski definition) is 3. The van der Waals surface area contributed by atoms with Gasteiger partial charge < -0.3 is 10.2 Å². The van der Waals surface area contributed by atoms with Gasteiger partial charge in [-0.25, -0.2) is 0 Å². The van der Waals surface area contributed by atoms with Crippen LogP contribution in [-0.2, 0) is 4.79 Å². The highest BCUT2D eigenvalue weighted by Gasteiger charge is 2.22. The van der Waals surface area contributed by atoms with Gasteiger partial charge in [0, 0.05) is 19.1 Å². The van der Waals surface area contributed by atoms with E-state index < -0.39 is 5.97 Å². The van der Waals surface area contributed by atoms with Gasteiger partial charge in [0.2, 0.25) is 0 Å². The predicted octanol–water partition coefficient (Wildman–Crippen LogP) is 1.44. The van der Waals surface area contributed by atoms with Crippen molar-refractivity contribution >= 4 is 5.97 Å². The van der Waals surface area contributed by atoms with Gasteiger partial charge in [-0.1, -0.05) is 27.7 Å². The van der Waals surface area contributed by atoms with Gasteiger partial charge in [-0.15, -0.1) is 0 Å². The van der Waals surface area contributed by atoms with E-state index in [-0.39, 0.29) is 18.6 Å². The molecule has 4 heteroatoms. The Balaban J connectivity index is 4.46. The molecule has 0 heterocycles. The standard InChI is InChI=1S/C12H25NO3/c1-5-11(8-14)13(6-9(2)3)7-10(4)12(15)16/h9-11,14H,5-8H2,1-4H3,(H,15,16). The van der Waals surface area contributed by atoms with Crippen LogP contribution in [0.25, 0.3) is 0 Å². The molecule has 0 aromatic heterocycles. The Morgan fingerprint density at radius 3 is 2.12 bits per heavy atom. The largest absolute Gasteiger partial charge is 0.481 e. The van der Waals surface area contributed by atoms with E-state index in [1.54, 1.807) is 6.92 Å². The molecule has 4 nitrogen and oxygen atoms in total. The first-order valence-corrected chi connectivity index (χ1v) is 6.00. The van der Waals surface area contributed by atoms with Crippen LogP contribution in [0.2, 0.25) is 0 Å². The molecule has 0 aliphatic rings. The highest BCUT2D eigenvalue weighted by Crippen LogP contribution is 2.11. The van der Waals surface area contributed by atoms with Crippen LogP contribution in [0.1, 0.15) is 34.1 Å². The molecule has 0 rings (SSSR count). The Labute approximate surface area is 98.3 Å². The molecule has 2 unspecified atom stereocenters. The molecule has 0 saturated carbocycles. The molecule has 96 valence electrons. The number of carboxylic acids is 1. The zero-order valence-corrected chi connectivity index (χ0v) is 10.8. The highest BCUT2D eigenvalue weighted by atomic mass is 16.4. The quantitative estimate of drug-likeness (QED) is 0.663. The summed E-state index contributed by atoms with van der Waals surface area (Å²) in [4.78, 5) is 12.9. The number of aliphatic carboxylic acids is 1. The van der Waals surface area contributed by atoms with Crippen molar-refractivity contribution in [1.29, 1.82) is 0 Å². The van der Waals surface area contributed by atoms with Crippen molar-refractivity contribution in [2.45, 2.75) is 40.2 Å². The third-order valence-corrected chi connectivity index (χ3v) is 2.73. The maximum Gasteiger partial charge on any atom is 0.307 e. The second-order valence-corrected chi connectivity index (χ2v) is 4.83. The van der Waals surface area contributed by atoms with E-state index >= 15 is 0 Å². The van der Waals surface area contributed by atoms with Crippen molar-refractivity contribution in [2.75, 3.05) is 19.7 Å². The Hall–Kier alpha value is -0.610. The van der Waals surface area contributed by atoms with Crippen molar-refractivity contribution in [2.24, 2.45) is 11.8 Å². The Kier molecular flexibility index (Phi) is 7.34. The third kappa shape index (κ3) is 5.47. The number of carboxylic acid groups (broad SMARTS) is 1. The Morgan fingerprint density at radius 2 is 1.81 bits per heavy atom. The zero-order chi connectivity index (χ0) is 12.7. The molecule has 0 aromatic rings. The lowest BCUT2D eigenvalue weighted by molar-refractivity contribution is -0.142. The van der Waals surface area contributed by atoms with Crippen LogP contribution >= 0.6 is 0 Å². The first-order chi connectivity index (χ1) is 7.42. The molecule has 0 aliphatic heterocycles. The van der Waals surface area contributed by atoms with Crippen LogP contribution in [0.5, 0.6) is 0 Å². The van der Waals surface area contributed by atoms with Gasteiger partial charge in [0.25, 0.3) is 0 Å². The summed E-state index contributed by atoms with van der Waals surface area (Å²) in [6, 6.07) is 0.0733. The second kappa shape index (κ2) is 7.63. The van der Waals surface area contributed by atoms with Crippen molar-refractivity contribution in [1.82, 2.24) is 4.90 Å². The average molecular weight is 231 g/mol. The fourth-order valence-corrected chi connectivity index (χ4v) is 1.77. The zero-order valence-electron chi connectivity index (χ0n) is 10.8. The Morgan fingerprint density at radius 1 is 1.25 bits per heavy atom. The first-order valence-electron chi connectivity index (χ1n) is 6.00. The van der Waals surface area contributed by atoms with Crippen molar-refractivity contribution in [3.63, 3.8) is 0 Å². The second-order valence-electron chi connectivity index (χ2n) is 4.83. The van der Waals surface area contributed by atoms with Crippen LogP contribution in [0.4, 0.5) is 0 Å². The summed E-state index contributed by atoms with van der Waals surface area (Å²) in [5.74, 6) is -0.692. The minimum absolute atomic E-state index is 0.0733. The van der Waals surface area contributed by atoms with E-state index in [0.717, 1.165) is 13.0 Å². The molecular weight excluding hydrogens is 206 g/mol. The van der Waals surface area contributed by atoms with E-state index in [1.165, 1.54) is 0 Å². The van der Waals surface area contributed by atoms with Crippen molar-refractivity contribution in [3.05, 3.63) is 0 Å². The fraction of sp³-hybridized carbons (Fsp3) is 0.917. The lowest BCUT2D eigenvalue weighted by Gasteiger charge is -2.32. The summed E-state index contributed by atoms with van der Waals surface area (Å²) in [6.45, 7) is 9.35. The summed E-state index contributed by atoms with van der Waals surface area (Å²) in [6.07, 6.45) is 0.843. The molecule has 0 aliphatic carbocycles. The van der Waals surface area contributed by atoms with Gasteiger partial charge in [-0.05, 0) is 12.3 Å². The van der Waals surface area contributed by atoms with Crippen LogP contribution in [0, 0.1) is 11.8 Å². The van der Waals surface area contributed by atoms with E-state index in [0.29, 0.717) is 12.5 Å². The molecule has 0 saturated heterocycles. The monoisotopic (exact) mass is 231 g/mol. The molecule has 0 aromatic carbocycles. The predicted molar refractivity (Wildman–Crippen MR) is 64.4 cm³/mol.